The van der Waals surface area contributed by atoms with Crippen LogP contribution in [0.15, 0.2) is 84.9 Å². The van der Waals surface area contributed by atoms with Gasteiger partial charge in [-0.15, -0.1) is 12.4 Å². The first kappa shape index (κ1) is 20.1. The summed E-state index contributed by atoms with van der Waals surface area (Å²) in [6, 6.07) is 28.8. The quantitative estimate of drug-likeness (QED) is 0.664. The number of carbonyl (C=O) groups excluding carboxylic acids is 1. The summed E-state index contributed by atoms with van der Waals surface area (Å²) in [5.74, 6) is 0.259. The zero-order valence-electron chi connectivity index (χ0n) is 15.7. The van der Waals surface area contributed by atoms with E-state index in [9.17, 15) is 4.79 Å². The van der Waals surface area contributed by atoms with Crippen molar-refractivity contribution in [1.29, 1.82) is 0 Å². The van der Waals surface area contributed by atoms with Gasteiger partial charge in [0.05, 0.1) is 5.92 Å². The van der Waals surface area contributed by atoms with Gasteiger partial charge in [-0.25, -0.2) is 0 Å². The number of halogens is 1. The maximum atomic E-state index is 12.9. The zero-order chi connectivity index (χ0) is 18.5. The molecule has 1 amide bonds. The summed E-state index contributed by atoms with van der Waals surface area (Å²) in [6.45, 7) is 1.56. The number of nitrogens with one attached hydrogen (secondary N) is 2. The van der Waals surface area contributed by atoms with Crippen molar-refractivity contribution >= 4 is 24.0 Å². The molecule has 4 rings (SSSR count). The van der Waals surface area contributed by atoms with E-state index in [1.165, 1.54) is 16.7 Å². The van der Waals surface area contributed by atoms with Gasteiger partial charge in [0.1, 0.15) is 0 Å². The van der Waals surface area contributed by atoms with Crippen molar-refractivity contribution in [3.63, 3.8) is 0 Å². The van der Waals surface area contributed by atoms with Crippen molar-refractivity contribution in [3.8, 4) is 0 Å². The molecule has 3 aromatic rings. The first-order valence-electron chi connectivity index (χ1n) is 9.49. The topological polar surface area (TPSA) is 41.1 Å². The Morgan fingerprint density at radius 3 is 2.29 bits per heavy atom. The third-order valence-electron chi connectivity index (χ3n) is 5.22. The van der Waals surface area contributed by atoms with Gasteiger partial charge in [0, 0.05) is 24.7 Å². The summed E-state index contributed by atoms with van der Waals surface area (Å²) < 4.78 is 0. The normalized spacial score (nSPS) is 18.3. The Morgan fingerprint density at radius 2 is 1.54 bits per heavy atom. The van der Waals surface area contributed by atoms with Crippen molar-refractivity contribution in [3.05, 3.63) is 102 Å². The summed E-state index contributed by atoms with van der Waals surface area (Å²) in [4.78, 5) is 12.9. The Morgan fingerprint density at radius 1 is 0.857 bits per heavy atom. The second-order valence-electron chi connectivity index (χ2n) is 7.13. The summed E-state index contributed by atoms with van der Waals surface area (Å²) in [5, 5.41) is 6.50. The van der Waals surface area contributed by atoms with Crippen LogP contribution in [0, 0.1) is 5.92 Å². The maximum Gasteiger partial charge on any atom is 0.229 e. The summed E-state index contributed by atoms with van der Waals surface area (Å²) in [7, 11) is 0. The third-order valence-corrected chi connectivity index (χ3v) is 5.22. The molecule has 3 nitrogen and oxygen atoms in total. The molecule has 2 N–H and O–H groups in total. The molecule has 0 radical (unpaired) electrons. The highest BCUT2D eigenvalue weighted by molar-refractivity contribution is 5.93. The van der Waals surface area contributed by atoms with E-state index in [4.69, 9.17) is 0 Å². The van der Waals surface area contributed by atoms with Crippen molar-refractivity contribution in [2.45, 2.75) is 12.3 Å². The molecular formula is C24H25ClN2O. The Bertz CT molecular complexity index is 899. The van der Waals surface area contributed by atoms with Gasteiger partial charge in [0.25, 0.3) is 0 Å². The van der Waals surface area contributed by atoms with Crippen LogP contribution in [0.3, 0.4) is 0 Å². The molecule has 0 unspecified atom stereocenters. The zero-order valence-corrected chi connectivity index (χ0v) is 16.5. The monoisotopic (exact) mass is 392 g/mol. The van der Waals surface area contributed by atoms with E-state index in [-0.39, 0.29) is 30.2 Å². The molecule has 0 saturated carbocycles. The predicted molar refractivity (Wildman–Crippen MR) is 117 cm³/mol. The number of anilines is 1. The van der Waals surface area contributed by atoms with Crippen LogP contribution in [-0.2, 0) is 11.2 Å². The van der Waals surface area contributed by atoms with E-state index >= 15 is 0 Å². The number of rotatable bonds is 5. The number of amides is 1. The molecule has 4 heteroatoms. The highest BCUT2D eigenvalue weighted by atomic mass is 35.5. The van der Waals surface area contributed by atoms with Crippen LogP contribution in [0.25, 0.3) is 0 Å². The molecule has 144 valence electrons. The van der Waals surface area contributed by atoms with Crippen LogP contribution in [0.4, 0.5) is 5.69 Å². The number of benzene rings is 3. The third kappa shape index (κ3) is 4.80. The number of hydrogen-bond acceptors (Lipinski definition) is 2. The molecule has 0 aliphatic carbocycles. The van der Waals surface area contributed by atoms with E-state index in [1.807, 2.05) is 36.4 Å². The Hall–Kier alpha value is -2.62. The van der Waals surface area contributed by atoms with Crippen LogP contribution in [0.5, 0.6) is 0 Å². The summed E-state index contributed by atoms with van der Waals surface area (Å²) in [6.07, 6.45) is 0.863. The Kier molecular flexibility index (Phi) is 6.85. The lowest BCUT2D eigenvalue weighted by molar-refractivity contribution is -0.119. The highest BCUT2D eigenvalue weighted by Gasteiger charge is 2.33. The Labute approximate surface area is 172 Å². The van der Waals surface area contributed by atoms with Gasteiger partial charge >= 0.3 is 0 Å². The largest absolute Gasteiger partial charge is 0.326 e. The Balaban J connectivity index is 0.00000225. The molecule has 3 aromatic carbocycles. The van der Waals surface area contributed by atoms with Crippen LogP contribution >= 0.6 is 12.4 Å². The minimum Gasteiger partial charge on any atom is -0.326 e. The van der Waals surface area contributed by atoms with Crippen molar-refractivity contribution in [2.75, 3.05) is 18.4 Å². The fourth-order valence-electron chi connectivity index (χ4n) is 3.83. The van der Waals surface area contributed by atoms with E-state index in [1.54, 1.807) is 0 Å². The number of hydrogen-bond donors (Lipinski definition) is 2. The van der Waals surface area contributed by atoms with E-state index in [0.29, 0.717) is 0 Å². The molecular weight excluding hydrogens is 368 g/mol. The van der Waals surface area contributed by atoms with Gasteiger partial charge in [-0.3, -0.25) is 4.79 Å². The smallest absolute Gasteiger partial charge is 0.229 e. The standard InChI is InChI=1S/C24H24N2O.ClH/c27-24(23-17-25-16-22(23)20-11-5-2-6-12-20)26-21-13-7-10-19(15-21)14-18-8-3-1-4-9-18;/h1-13,15,22-23,25H,14,16-17H2,(H,26,27);1H/t22-,23+;/m0./s1. The minimum atomic E-state index is -0.0508. The predicted octanol–water partition coefficient (Wildman–Crippen LogP) is 4.64. The summed E-state index contributed by atoms with van der Waals surface area (Å²) >= 11 is 0. The number of carbonyl (C=O) groups is 1. The summed E-state index contributed by atoms with van der Waals surface area (Å²) in [5.41, 5.74) is 4.56. The van der Waals surface area contributed by atoms with Crippen molar-refractivity contribution in [2.24, 2.45) is 5.92 Å². The van der Waals surface area contributed by atoms with Crippen LogP contribution in [-0.4, -0.2) is 19.0 Å². The van der Waals surface area contributed by atoms with Gasteiger partial charge in [0.2, 0.25) is 5.91 Å². The molecule has 2 atom stereocenters. The second kappa shape index (κ2) is 9.54. The first-order chi connectivity index (χ1) is 13.3. The SMILES string of the molecule is Cl.O=C(Nc1cccc(Cc2ccccc2)c1)[C@@H]1CNC[C@H]1c1ccccc1. The first-order valence-corrected chi connectivity index (χ1v) is 9.49. The molecule has 1 aliphatic rings. The molecule has 1 fully saturated rings. The van der Waals surface area contributed by atoms with Gasteiger partial charge in [0.15, 0.2) is 0 Å². The lowest BCUT2D eigenvalue weighted by Crippen LogP contribution is -2.28. The van der Waals surface area contributed by atoms with Gasteiger partial charge in [-0.2, -0.15) is 0 Å². The van der Waals surface area contributed by atoms with E-state index in [0.717, 1.165) is 25.2 Å². The second-order valence-corrected chi connectivity index (χ2v) is 7.13. The average Bonchev–Trinajstić information content (AvgIpc) is 3.20. The fraction of sp³-hybridized carbons (Fsp3) is 0.208. The van der Waals surface area contributed by atoms with Crippen LogP contribution in [0.1, 0.15) is 22.6 Å². The highest BCUT2D eigenvalue weighted by Crippen LogP contribution is 2.29. The molecule has 0 aromatic heterocycles. The van der Waals surface area contributed by atoms with Crippen molar-refractivity contribution < 1.29 is 4.79 Å². The van der Waals surface area contributed by atoms with Gasteiger partial charge in [-0.1, -0.05) is 72.8 Å². The average molecular weight is 393 g/mol. The van der Waals surface area contributed by atoms with Gasteiger partial charge in [-0.05, 0) is 35.2 Å². The van der Waals surface area contributed by atoms with E-state index in [2.05, 4.69) is 59.2 Å². The van der Waals surface area contributed by atoms with Crippen molar-refractivity contribution in [1.82, 2.24) is 5.32 Å². The molecule has 0 spiro atoms. The molecule has 28 heavy (non-hydrogen) atoms. The molecule has 1 aliphatic heterocycles. The molecule has 1 saturated heterocycles. The van der Waals surface area contributed by atoms with Crippen LogP contribution in [0.2, 0.25) is 0 Å². The lowest BCUT2D eigenvalue weighted by Gasteiger charge is -2.19. The molecule has 0 bridgehead atoms. The lowest BCUT2D eigenvalue weighted by atomic mass is 9.88. The van der Waals surface area contributed by atoms with Crippen LogP contribution < -0.4 is 10.6 Å². The van der Waals surface area contributed by atoms with Gasteiger partial charge < -0.3 is 10.6 Å². The molecule has 1 heterocycles. The fourth-order valence-corrected chi connectivity index (χ4v) is 3.83. The maximum absolute atomic E-state index is 12.9. The van der Waals surface area contributed by atoms with E-state index < -0.39 is 0 Å². The minimum absolute atomic E-state index is 0.